The van der Waals surface area contributed by atoms with E-state index in [-0.39, 0.29) is 24.0 Å². The number of halogens is 1. The number of hydrogen-bond acceptors (Lipinski definition) is 5. The molecule has 0 radical (unpaired) electrons. The van der Waals surface area contributed by atoms with Gasteiger partial charge in [0.05, 0.1) is 17.5 Å². The molecule has 6 nitrogen and oxygen atoms in total. The van der Waals surface area contributed by atoms with Crippen molar-refractivity contribution >= 4 is 11.9 Å². The smallest absolute Gasteiger partial charge is 0.338 e. The molecule has 0 saturated carbocycles. The number of benzene rings is 2. The van der Waals surface area contributed by atoms with Crippen LogP contribution in [-0.4, -0.2) is 54.4 Å². The Bertz CT molecular complexity index is 1020. The Kier molecular flexibility index (Phi) is 5.77. The van der Waals surface area contributed by atoms with Crippen LogP contribution in [0.25, 0.3) is 0 Å². The van der Waals surface area contributed by atoms with Crippen molar-refractivity contribution in [2.45, 2.75) is 19.4 Å². The van der Waals surface area contributed by atoms with E-state index in [1.54, 1.807) is 18.2 Å². The zero-order chi connectivity index (χ0) is 21.1. The van der Waals surface area contributed by atoms with E-state index in [0.717, 1.165) is 42.7 Å². The minimum Gasteiger partial charge on any atom is -0.457 e. The molecule has 4 rings (SSSR count). The van der Waals surface area contributed by atoms with Crippen LogP contribution in [0.1, 0.15) is 32.6 Å². The SMILES string of the molecule is N#Cc1cc(CCN2CCN(C(=O)Cc3ccc4c(c3)COC4=O)CC2)ccc1F. The summed E-state index contributed by atoms with van der Waals surface area (Å²) in [5, 5.41) is 8.95. The molecule has 0 unspecified atom stereocenters. The van der Waals surface area contributed by atoms with Crippen LogP contribution in [0.15, 0.2) is 36.4 Å². The Morgan fingerprint density at radius 1 is 1.10 bits per heavy atom. The largest absolute Gasteiger partial charge is 0.457 e. The van der Waals surface area contributed by atoms with Crippen LogP contribution in [0, 0.1) is 17.1 Å². The van der Waals surface area contributed by atoms with Crippen molar-refractivity contribution in [2.24, 2.45) is 0 Å². The Balaban J connectivity index is 1.26. The van der Waals surface area contributed by atoms with Gasteiger partial charge in [-0.1, -0.05) is 18.2 Å². The van der Waals surface area contributed by atoms with Crippen LogP contribution in [0.4, 0.5) is 4.39 Å². The lowest BCUT2D eigenvalue weighted by atomic mass is 10.0. The van der Waals surface area contributed by atoms with E-state index in [1.807, 2.05) is 23.1 Å². The van der Waals surface area contributed by atoms with Crippen molar-refractivity contribution in [1.29, 1.82) is 5.26 Å². The highest BCUT2D eigenvalue weighted by atomic mass is 19.1. The van der Waals surface area contributed by atoms with Gasteiger partial charge in [-0.3, -0.25) is 9.69 Å². The molecule has 1 saturated heterocycles. The highest BCUT2D eigenvalue weighted by molar-refractivity contribution is 5.93. The number of nitrogens with zero attached hydrogens (tertiary/aromatic N) is 3. The average molecular weight is 407 g/mol. The number of nitriles is 1. The van der Waals surface area contributed by atoms with Crippen LogP contribution in [0.2, 0.25) is 0 Å². The maximum absolute atomic E-state index is 13.4. The first kappa shape index (κ1) is 20.0. The average Bonchev–Trinajstić information content (AvgIpc) is 3.13. The molecule has 30 heavy (non-hydrogen) atoms. The molecule has 2 aliphatic heterocycles. The molecule has 0 atom stereocenters. The number of carbonyl (C=O) groups is 2. The van der Waals surface area contributed by atoms with Gasteiger partial charge in [-0.2, -0.15) is 5.26 Å². The van der Waals surface area contributed by atoms with Crippen molar-refractivity contribution in [3.05, 3.63) is 70.0 Å². The Labute approximate surface area is 174 Å². The van der Waals surface area contributed by atoms with Crippen molar-refractivity contribution in [3.63, 3.8) is 0 Å². The second kappa shape index (κ2) is 8.64. The predicted molar refractivity (Wildman–Crippen MR) is 107 cm³/mol. The summed E-state index contributed by atoms with van der Waals surface area (Å²) in [6.07, 6.45) is 1.05. The minimum atomic E-state index is -0.490. The number of esters is 1. The topological polar surface area (TPSA) is 73.6 Å². The zero-order valence-electron chi connectivity index (χ0n) is 16.6. The first-order valence-electron chi connectivity index (χ1n) is 10.0. The number of cyclic esters (lactones) is 1. The molecule has 0 aliphatic carbocycles. The molecule has 0 aromatic heterocycles. The lowest BCUT2D eigenvalue weighted by Crippen LogP contribution is -2.49. The molecular weight excluding hydrogens is 385 g/mol. The maximum Gasteiger partial charge on any atom is 0.338 e. The van der Waals surface area contributed by atoms with Crippen LogP contribution in [0.5, 0.6) is 0 Å². The molecule has 2 aliphatic rings. The second-order valence-corrected chi connectivity index (χ2v) is 7.64. The summed E-state index contributed by atoms with van der Waals surface area (Å²) in [6, 6.07) is 12.0. The van der Waals surface area contributed by atoms with Crippen molar-refractivity contribution < 1.29 is 18.7 Å². The van der Waals surface area contributed by atoms with Crippen LogP contribution in [-0.2, 0) is 29.0 Å². The monoisotopic (exact) mass is 407 g/mol. The predicted octanol–water partition coefficient (Wildman–Crippen LogP) is 2.30. The zero-order valence-corrected chi connectivity index (χ0v) is 16.6. The van der Waals surface area contributed by atoms with Gasteiger partial charge >= 0.3 is 5.97 Å². The van der Waals surface area contributed by atoms with Gasteiger partial charge in [-0.05, 0) is 35.7 Å². The van der Waals surface area contributed by atoms with Crippen molar-refractivity contribution in [2.75, 3.05) is 32.7 Å². The molecule has 2 aromatic carbocycles. The third-order valence-electron chi connectivity index (χ3n) is 5.70. The molecule has 0 bridgehead atoms. The standard InChI is InChI=1S/C23H22FN3O3/c24-21-4-2-16(11-18(21)14-25)5-6-26-7-9-27(10-8-26)22(28)13-17-1-3-20-19(12-17)15-30-23(20)29/h1-4,11-12H,5-10,13,15H2. The lowest BCUT2D eigenvalue weighted by molar-refractivity contribution is -0.132. The van der Waals surface area contributed by atoms with Gasteiger partial charge in [-0.25, -0.2) is 9.18 Å². The molecule has 2 heterocycles. The van der Waals surface area contributed by atoms with E-state index in [2.05, 4.69) is 4.90 Å². The molecule has 0 spiro atoms. The second-order valence-electron chi connectivity index (χ2n) is 7.64. The number of carbonyl (C=O) groups excluding carboxylic acids is 2. The van der Waals surface area contributed by atoms with E-state index in [0.29, 0.717) is 25.1 Å². The van der Waals surface area contributed by atoms with Gasteiger partial charge in [0.15, 0.2) is 0 Å². The molecular formula is C23H22FN3O3. The number of rotatable bonds is 5. The van der Waals surface area contributed by atoms with Gasteiger partial charge in [0.25, 0.3) is 0 Å². The molecule has 154 valence electrons. The van der Waals surface area contributed by atoms with E-state index in [9.17, 15) is 14.0 Å². The van der Waals surface area contributed by atoms with Crippen molar-refractivity contribution in [1.82, 2.24) is 9.80 Å². The fourth-order valence-corrected chi connectivity index (χ4v) is 3.90. The highest BCUT2D eigenvalue weighted by Crippen LogP contribution is 2.21. The van der Waals surface area contributed by atoms with Crippen LogP contribution in [0.3, 0.4) is 0 Å². The molecule has 7 heteroatoms. The Hall–Kier alpha value is -3.24. The summed E-state index contributed by atoms with van der Waals surface area (Å²) in [4.78, 5) is 28.3. The van der Waals surface area contributed by atoms with Crippen LogP contribution < -0.4 is 0 Å². The van der Waals surface area contributed by atoms with E-state index < -0.39 is 5.82 Å². The van der Waals surface area contributed by atoms with E-state index in [4.69, 9.17) is 10.00 Å². The normalized spacial score (nSPS) is 16.1. The Morgan fingerprint density at radius 2 is 1.87 bits per heavy atom. The first-order valence-corrected chi connectivity index (χ1v) is 10.0. The summed E-state index contributed by atoms with van der Waals surface area (Å²) in [6.45, 7) is 3.97. The highest BCUT2D eigenvalue weighted by Gasteiger charge is 2.24. The van der Waals surface area contributed by atoms with Gasteiger partial charge in [0, 0.05) is 38.3 Å². The van der Waals surface area contributed by atoms with Gasteiger partial charge in [0.2, 0.25) is 5.91 Å². The number of hydrogen-bond donors (Lipinski definition) is 0. The fraction of sp³-hybridized carbons (Fsp3) is 0.348. The summed E-state index contributed by atoms with van der Waals surface area (Å²) in [5.41, 5.74) is 3.33. The Morgan fingerprint density at radius 3 is 2.63 bits per heavy atom. The van der Waals surface area contributed by atoms with Gasteiger partial charge in [0.1, 0.15) is 18.5 Å². The summed E-state index contributed by atoms with van der Waals surface area (Å²) in [7, 11) is 0. The molecule has 2 aromatic rings. The van der Waals surface area contributed by atoms with Gasteiger partial charge in [-0.15, -0.1) is 0 Å². The number of piperazine rings is 1. The molecule has 1 fully saturated rings. The third kappa shape index (κ3) is 4.34. The summed E-state index contributed by atoms with van der Waals surface area (Å²) in [5.74, 6) is -0.712. The van der Waals surface area contributed by atoms with Crippen molar-refractivity contribution in [3.8, 4) is 6.07 Å². The summed E-state index contributed by atoms with van der Waals surface area (Å²) < 4.78 is 18.4. The minimum absolute atomic E-state index is 0.0744. The van der Waals surface area contributed by atoms with Gasteiger partial charge < -0.3 is 9.64 Å². The summed E-state index contributed by atoms with van der Waals surface area (Å²) >= 11 is 0. The molecule has 0 N–H and O–H groups in total. The lowest BCUT2D eigenvalue weighted by Gasteiger charge is -2.35. The molecule has 1 amide bonds. The number of ether oxygens (including phenoxy) is 1. The quantitative estimate of drug-likeness (QED) is 0.711. The van der Waals surface area contributed by atoms with E-state index >= 15 is 0 Å². The fourth-order valence-electron chi connectivity index (χ4n) is 3.90. The first-order chi connectivity index (χ1) is 14.5. The maximum atomic E-state index is 13.4. The van der Waals surface area contributed by atoms with Crippen LogP contribution >= 0.6 is 0 Å². The number of amides is 1. The number of fused-ring (bicyclic) bond motifs is 1. The van der Waals surface area contributed by atoms with E-state index in [1.165, 1.54) is 6.07 Å². The third-order valence-corrected chi connectivity index (χ3v) is 5.70.